The fourth-order valence-corrected chi connectivity index (χ4v) is 7.52. The van der Waals surface area contributed by atoms with Crippen LogP contribution in [0.25, 0.3) is 0 Å². The quantitative estimate of drug-likeness (QED) is 0.569. The summed E-state index contributed by atoms with van der Waals surface area (Å²) < 4.78 is 0. The third-order valence-corrected chi connectivity index (χ3v) is 8.98. The summed E-state index contributed by atoms with van der Waals surface area (Å²) in [6, 6.07) is 22.3. The van der Waals surface area contributed by atoms with Crippen LogP contribution in [0.15, 0.2) is 72.8 Å². The summed E-state index contributed by atoms with van der Waals surface area (Å²) in [5.74, 6) is 0. The summed E-state index contributed by atoms with van der Waals surface area (Å²) in [6.45, 7) is 0. The molecule has 0 amide bonds. The van der Waals surface area contributed by atoms with Crippen molar-refractivity contribution in [2.24, 2.45) is 0 Å². The van der Waals surface area contributed by atoms with E-state index in [1.807, 2.05) is 0 Å². The van der Waals surface area contributed by atoms with E-state index in [2.05, 4.69) is 72.8 Å². The van der Waals surface area contributed by atoms with Crippen LogP contribution < -0.4 is 10.6 Å². The molecule has 3 rings (SSSR count). The minimum absolute atomic E-state index is 1.23. The molecule has 2 aromatic carbocycles. The van der Waals surface area contributed by atoms with E-state index >= 15 is 0 Å². The summed E-state index contributed by atoms with van der Waals surface area (Å²) in [5.41, 5.74) is 0. The zero-order chi connectivity index (χ0) is 12.3. The topological polar surface area (TPSA) is 0 Å². The fourth-order valence-electron chi connectivity index (χ4n) is 3.04. The fraction of sp³-hybridized carbons (Fsp3) is 0.176. The van der Waals surface area contributed by atoms with Gasteiger partial charge in [-0.3, -0.25) is 0 Å². The van der Waals surface area contributed by atoms with Gasteiger partial charge in [-0.1, -0.05) is 0 Å². The molecule has 0 saturated carbocycles. The number of hydrogen-bond acceptors (Lipinski definition) is 0. The molecule has 0 saturated heterocycles. The van der Waals surface area contributed by atoms with Crippen LogP contribution in [0.4, 0.5) is 0 Å². The van der Waals surface area contributed by atoms with E-state index in [9.17, 15) is 0 Å². The SMILES string of the molecule is C1=CC[PH](c2ccccc2)(c2ccccc2)CC1. The molecule has 2 aromatic rings. The monoisotopic (exact) mass is 254 g/mol. The van der Waals surface area contributed by atoms with Crippen molar-refractivity contribution in [2.45, 2.75) is 6.42 Å². The van der Waals surface area contributed by atoms with Gasteiger partial charge in [-0.2, -0.15) is 0 Å². The van der Waals surface area contributed by atoms with E-state index in [1.54, 1.807) is 10.6 Å². The van der Waals surface area contributed by atoms with Gasteiger partial charge in [0, 0.05) is 0 Å². The van der Waals surface area contributed by atoms with E-state index in [0.717, 1.165) is 0 Å². The molecule has 1 aliphatic rings. The summed E-state index contributed by atoms with van der Waals surface area (Å²) in [5, 5.41) is 3.17. The Bertz CT molecular complexity index is 489. The third-order valence-electron chi connectivity index (χ3n) is 4.02. The molecule has 0 fully saturated rings. The van der Waals surface area contributed by atoms with E-state index in [4.69, 9.17) is 0 Å². The molecule has 18 heavy (non-hydrogen) atoms. The van der Waals surface area contributed by atoms with Crippen molar-refractivity contribution >= 4 is 17.9 Å². The van der Waals surface area contributed by atoms with Gasteiger partial charge in [0.1, 0.15) is 0 Å². The van der Waals surface area contributed by atoms with E-state index < -0.39 is 7.26 Å². The Balaban J connectivity index is 2.13. The first kappa shape index (κ1) is 11.7. The Kier molecular flexibility index (Phi) is 3.30. The van der Waals surface area contributed by atoms with Crippen LogP contribution in [-0.4, -0.2) is 12.3 Å². The van der Waals surface area contributed by atoms with E-state index in [0.29, 0.717) is 0 Å². The molecule has 92 valence electrons. The standard InChI is InChI=1S/C17H19P/c1-4-10-16(11-5-1)18(14-8-3-9-15-18)17-12-6-2-7-13-17/h1-8,10-13,18H,9,14-15H2. The van der Waals surface area contributed by atoms with Gasteiger partial charge >= 0.3 is 109 Å². The van der Waals surface area contributed by atoms with Crippen molar-refractivity contribution in [3.05, 3.63) is 72.8 Å². The Labute approximate surface area is 110 Å². The normalized spacial score (nSPS) is 19.3. The Morgan fingerprint density at radius 3 is 1.67 bits per heavy atom. The first-order chi connectivity index (χ1) is 8.92. The molecule has 1 aliphatic heterocycles. The molecule has 0 aromatic heterocycles. The summed E-state index contributed by atoms with van der Waals surface area (Å²) in [4.78, 5) is 0. The first-order valence-corrected chi connectivity index (χ1v) is 9.09. The minimum atomic E-state index is -1.52. The average Bonchev–Trinajstić information content (AvgIpc) is 2.50. The van der Waals surface area contributed by atoms with Gasteiger partial charge in [0.25, 0.3) is 0 Å². The molecule has 1 heterocycles. The molecule has 0 spiro atoms. The van der Waals surface area contributed by atoms with Gasteiger partial charge in [0.05, 0.1) is 0 Å². The summed E-state index contributed by atoms with van der Waals surface area (Å²) in [6.07, 6.45) is 8.57. The van der Waals surface area contributed by atoms with Crippen molar-refractivity contribution < 1.29 is 0 Å². The first-order valence-electron chi connectivity index (χ1n) is 6.68. The zero-order valence-corrected chi connectivity index (χ0v) is 11.5. The molecule has 0 unspecified atom stereocenters. The molecule has 0 N–H and O–H groups in total. The van der Waals surface area contributed by atoms with Gasteiger partial charge in [-0.05, 0) is 0 Å². The Morgan fingerprint density at radius 2 is 1.22 bits per heavy atom. The summed E-state index contributed by atoms with van der Waals surface area (Å²) in [7, 11) is -1.52. The summed E-state index contributed by atoms with van der Waals surface area (Å²) >= 11 is 0. The Hall–Kier alpha value is -1.39. The number of allylic oxidation sites excluding steroid dienone is 2. The van der Waals surface area contributed by atoms with Gasteiger partial charge in [0.15, 0.2) is 0 Å². The molecule has 0 bridgehead atoms. The van der Waals surface area contributed by atoms with E-state index in [-0.39, 0.29) is 0 Å². The number of benzene rings is 2. The van der Waals surface area contributed by atoms with Crippen LogP contribution in [0, 0.1) is 0 Å². The van der Waals surface area contributed by atoms with Gasteiger partial charge in [-0.15, -0.1) is 0 Å². The van der Waals surface area contributed by atoms with Crippen LogP contribution in [-0.2, 0) is 0 Å². The number of hydrogen-bond donors (Lipinski definition) is 0. The van der Waals surface area contributed by atoms with Crippen LogP contribution in [0.1, 0.15) is 6.42 Å². The molecule has 0 atom stereocenters. The molecular formula is C17H19P. The van der Waals surface area contributed by atoms with Crippen molar-refractivity contribution in [1.82, 2.24) is 0 Å². The Morgan fingerprint density at radius 1 is 0.667 bits per heavy atom. The molecule has 0 aliphatic carbocycles. The van der Waals surface area contributed by atoms with Crippen molar-refractivity contribution in [2.75, 3.05) is 12.3 Å². The second kappa shape index (κ2) is 5.08. The third kappa shape index (κ3) is 2.02. The van der Waals surface area contributed by atoms with Crippen LogP contribution in [0.2, 0.25) is 0 Å². The van der Waals surface area contributed by atoms with Crippen molar-refractivity contribution in [3.63, 3.8) is 0 Å². The predicted molar refractivity (Wildman–Crippen MR) is 84.0 cm³/mol. The van der Waals surface area contributed by atoms with Gasteiger partial charge < -0.3 is 0 Å². The second-order valence-electron chi connectivity index (χ2n) is 5.03. The zero-order valence-electron chi connectivity index (χ0n) is 10.5. The second-order valence-corrected chi connectivity index (χ2v) is 9.26. The molecule has 0 nitrogen and oxygen atoms in total. The van der Waals surface area contributed by atoms with Crippen molar-refractivity contribution in [3.8, 4) is 0 Å². The maximum absolute atomic E-state index is 2.40. The van der Waals surface area contributed by atoms with Crippen LogP contribution >= 0.6 is 7.26 Å². The van der Waals surface area contributed by atoms with Crippen molar-refractivity contribution in [1.29, 1.82) is 0 Å². The molecule has 0 radical (unpaired) electrons. The van der Waals surface area contributed by atoms with Gasteiger partial charge in [0.2, 0.25) is 0 Å². The van der Waals surface area contributed by atoms with Crippen LogP contribution in [0.5, 0.6) is 0 Å². The van der Waals surface area contributed by atoms with E-state index in [1.165, 1.54) is 18.7 Å². The maximum atomic E-state index is 2.40. The predicted octanol–water partition coefficient (Wildman–Crippen LogP) is 3.35. The molecular weight excluding hydrogens is 235 g/mol. The van der Waals surface area contributed by atoms with Gasteiger partial charge in [-0.25, -0.2) is 0 Å². The molecule has 1 heteroatoms. The average molecular weight is 254 g/mol. The number of rotatable bonds is 2. The van der Waals surface area contributed by atoms with Crippen LogP contribution in [0.3, 0.4) is 0 Å².